The van der Waals surface area contributed by atoms with Crippen LogP contribution in [0.2, 0.25) is 0 Å². The molecule has 1 aromatic heterocycles. The molecule has 6 heteroatoms. The Balaban J connectivity index is 2.35. The Morgan fingerprint density at radius 2 is 1.75 bits per heavy atom. The van der Waals surface area contributed by atoms with Gasteiger partial charge in [-0.05, 0) is 31.2 Å². The number of hydrogen-bond acceptors (Lipinski definition) is 4. The van der Waals surface area contributed by atoms with Crippen LogP contribution < -0.4 is 9.62 Å². The van der Waals surface area contributed by atoms with E-state index in [4.69, 9.17) is 0 Å². The Bertz CT molecular complexity index is 679. The van der Waals surface area contributed by atoms with Crippen LogP contribution in [0.5, 0.6) is 0 Å². The second-order valence-corrected chi connectivity index (χ2v) is 6.41. The number of sulfonamides is 1. The van der Waals surface area contributed by atoms with Crippen molar-refractivity contribution in [3.63, 3.8) is 0 Å². The van der Waals surface area contributed by atoms with Crippen LogP contribution >= 0.6 is 0 Å². The molecule has 0 unspecified atom stereocenters. The van der Waals surface area contributed by atoms with Gasteiger partial charge in [0.1, 0.15) is 10.7 Å². The molecule has 0 atom stereocenters. The molecular weight excluding hydrogens is 274 g/mol. The van der Waals surface area contributed by atoms with Gasteiger partial charge in [0.2, 0.25) is 0 Å². The van der Waals surface area contributed by atoms with E-state index < -0.39 is 10.0 Å². The molecule has 1 aromatic carbocycles. The summed E-state index contributed by atoms with van der Waals surface area (Å²) in [4.78, 5) is 4.20. The minimum absolute atomic E-state index is 0.166. The molecule has 1 N–H and O–H groups in total. The first-order chi connectivity index (χ1) is 9.45. The van der Waals surface area contributed by atoms with E-state index in [0.717, 1.165) is 5.56 Å². The molecule has 0 saturated carbocycles. The van der Waals surface area contributed by atoms with Gasteiger partial charge in [-0.25, -0.2) is 13.4 Å². The largest absolute Gasteiger partial charge is 0.373 e. The van der Waals surface area contributed by atoms with E-state index in [1.807, 2.05) is 19.1 Å². The first kappa shape index (κ1) is 14.3. The number of anilines is 2. The van der Waals surface area contributed by atoms with Crippen LogP contribution in [-0.4, -0.2) is 27.5 Å². The topological polar surface area (TPSA) is 62.3 Å². The van der Waals surface area contributed by atoms with Crippen LogP contribution in [0.4, 0.5) is 11.5 Å². The SMILES string of the molecule is CNc1ccc(S(=O)(=O)N(C)c2ccc(C)cc2)cn1. The van der Waals surface area contributed by atoms with Crippen molar-refractivity contribution in [2.75, 3.05) is 23.7 Å². The third-order valence-electron chi connectivity index (χ3n) is 3.05. The van der Waals surface area contributed by atoms with Gasteiger partial charge in [0.05, 0.1) is 5.69 Å². The van der Waals surface area contributed by atoms with Crippen molar-refractivity contribution >= 4 is 21.5 Å². The molecule has 0 amide bonds. The molecule has 0 saturated heterocycles. The van der Waals surface area contributed by atoms with Gasteiger partial charge in [-0.1, -0.05) is 17.7 Å². The van der Waals surface area contributed by atoms with Gasteiger partial charge in [0, 0.05) is 20.3 Å². The van der Waals surface area contributed by atoms with E-state index >= 15 is 0 Å². The summed E-state index contributed by atoms with van der Waals surface area (Å²) in [5, 5.41) is 2.85. The fourth-order valence-electron chi connectivity index (χ4n) is 1.73. The number of nitrogens with zero attached hydrogens (tertiary/aromatic N) is 2. The van der Waals surface area contributed by atoms with E-state index in [9.17, 15) is 8.42 Å². The standard InChI is InChI=1S/C14H17N3O2S/c1-11-4-6-12(7-5-11)17(3)20(18,19)13-8-9-14(15-2)16-10-13/h4-10H,1-3H3,(H,15,16). The van der Waals surface area contributed by atoms with Crippen molar-refractivity contribution in [2.24, 2.45) is 0 Å². The summed E-state index contributed by atoms with van der Waals surface area (Å²) in [7, 11) is -0.322. The van der Waals surface area contributed by atoms with Crippen molar-refractivity contribution in [3.8, 4) is 0 Å². The Hall–Kier alpha value is -2.08. The molecule has 5 nitrogen and oxygen atoms in total. The highest BCUT2D eigenvalue weighted by molar-refractivity contribution is 7.92. The first-order valence-corrected chi connectivity index (χ1v) is 7.58. The number of aryl methyl sites for hydroxylation is 1. The zero-order valence-corrected chi connectivity index (χ0v) is 12.5. The molecule has 0 aliphatic carbocycles. The quantitative estimate of drug-likeness (QED) is 0.938. The number of hydrogen-bond donors (Lipinski definition) is 1. The van der Waals surface area contributed by atoms with Crippen LogP contribution in [-0.2, 0) is 10.0 Å². The number of nitrogens with one attached hydrogen (secondary N) is 1. The van der Waals surface area contributed by atoms with Crippen LogP contribution in [0.25, 0.3) is 0 Å². The van der Waals surface area contributed by atoms with E-state index in [-0.39, 0.29) is 4.90 Å². The average Bonchev–Trinajstić information content (AvgIpc) is 2.47. The van der Waals surface area contributed by atoms with Gasteiger partial charge < -0.3 is 5.32 Å². The lowest BCUT2D eigenvalue weighted by Gasteiger charge is -2.19. The third kappa shape index (κ3) is 2.75. The molecule has 0 aliphatic rings. The fraction of sp³-hybridized carbons (Fsp3) is 0.214. The van der Waals surface area contributed by atoms with E-state index in [2.05, 4.69) is 10.3 Å². The van der Waals surface area contributed by atoms with Gasteiger partial charge in [-0.15, -0.1) is 0 Å². The molecule has 20 heavy (non-hydrogen) atoms. The maximum Gasteiger partial charge on any atom is 0.265 e. The van der Waals surface area contributed by atoms with Gasteiger partial charge in [0.25, 0.3) is 10.0 Å². The van der Waals surface area contributed by atoms with Crippen molar-refractivity contribution in [1.82, 2.24) is 4.98 Å². The lowest BCUT2D eigenvalue weighted by atomic mass is 10.2. The second kappa shape index (κ2) is 5.50. The van der Waals surface area contributed by atoms with Crippen LogP contribution in [0.3, 0.4) is 0 Å². The number of aromatic nitrogens is 1. The highest BCUT2D eigenvalue weighted by Crippen LogP contribution is 2.22. The third-order valence-corrected chi connectivity index (χ3v) is 4.82. The monoisotopic (exact) mass is 291 g/mol. The van der Waals surface area contributed by atoms with Crippen molar-refractivity contribution in [3.05, 3.63) is 48.2 Å². The summed E-state index contributed by atoms with van der Waals surface area (Å²) in [6, 6.07) is 10.5. The van der Waals surface area contributed by atoms with E-state index in [1.165, 1.54) is 17.5 Å². The molecule has 106 valence electrons. The number of rotatable bonds is 4. The van der Waals surface area contributed by atoms with Crippen molar-refractivity contribution in [1.29, 1.82) is 0 Å². The molecule has 2 rings (SSSR count). The van der Waals surface area contributed by atoms with Gasteiger partial charge >= 0.3 is 0 Å². The molecule has 1 heterocycles. The van der Waals surface area contributed by atoms with Crippen molar-refractivity contribution in [2.45, 2.75) is 11.8 Å². The Labute approximate surface area is 119 Å². The van der Waals surface area contributed by atoms with Gasteiger partial charge in [-0.2, -0.15) is 0 Å². The molecule has 0 bridgehead atoms. The normalized spacial score (nSPS) is 11.2. The molecule has 0 radical (unpaired) electrons. The Morgan fingerprint density at radius 1 is 1.10 bits per heavy atom. The summed E-state index contributed by atoms with van der Waals surface area (Å²) in [5.74, 6) is 0.627. The van der Waals surface area contributed by atoms with Crippen molar-refractivity contribution < 1.29 is 8.42 Å². The first-order valence-electron chi connectivity index (χ1n) is 6.14. The second-order valence-electron chi connectivity index (χ2n) is 4.44. The Morgan fingerprint density at radius 3 is 2.25 bits per heavy atom. The molecule has 2 aromatic rings. The van der Waals surface area contributed by atoms with E-state index in [0.29, 0.717) is 11.5 Å². The molecular formula is C14H17N3O2S. The minimum Gasteiger partial charge on any atom is -0.373 e. The molecule has 0 aliphatic heterocycles. The fourth-order valence-corrected chi connectivity index (χ4v) is 2.87. The van der Waals surface area contributed by atoms with E-state index in [1.54, 1.807) is 31.3 Å². The maximum absolute atomic E-state index is 12.5. The van der Waals surface area contributed by atoms with Crippen LogP contribution in [0.15, 0.2) is 47.5 Å². The highest BCUT2D eigenvalue weighted by atomic mass is 32.2. The van der Waals surface area contributed by atoms with Crippen LogP contribution in [0.1, 0.15) is 5.56 Å². The lowest BCUT2D eigenvalue weighted by Crippen LogP contribution is -2.26. The zero-order valence-electron chi connectivity index (χ0n) is 11.7. The molecule has 0 fully saturated rings. The predicted molar refractivity (Wildman–Crippen MR) is 80.6 cm³/mol. The lowest BCUT2D eigenvalue weighted by molar-refractivity contribution is 0.594. The minimum atomic E-state index is -3.59. The van der Waals surface area contributed by atoms with Crippen LogP contribution in [0, 0.1) is 6.92 Å². The summed E-state index contributed by atoms with van der Waals surface area (Å²) >= 11 is 0. The van der Waals surface area contributed by atoms with Gasteiger partial charge in [-0.3, -0.25) is 4.31 Å². The average molecular weight is 291 g/mol. The maximum atomic E-state index is 12.5. The number of pyridine rings is 1. The Kier molecular flexibility index (Phi) is 3.94. The number of benzene rings is 1. The predicted octanol–water partition coefficient (Wildman–Crippen LogP) is 2.26. The summed E-state index contributed by atoms with van der Waals surface area (Å²) in [6.45, 7) is 1.96. The highest BCUT2D eigenvalue weighted by Gasteiger charge is 2.21. The smallest absolute Gasteiger partial charge is 0.265 e. The molecule has 0 spiro atoms. The summed E-state index contributed by atoms with van der Waals surface area (Å²) in [6.07, 6.45) is 1.35. The summed E-state index contributed by atoms with van der Waals surface area (Å²) in [5.41, 5.74) is 1.70. The zero-order chi connectivity index (χ0) is 14.8. The summed E-state index contributed by atoms with van der Waals surface area (Å²) < 4.78 is 26.2. The van der Waals surface area contributed by atoms with Gasteiger partial charge in [0.15, 0.2) is 0 Å².